The van der Waals surface area contributed by atoms with E-state index in [-0.39, 0.29) is 16.7 Å². The fraction of sp³-hybridized carbons (Fsp3) is 0.200. The smallest absolute Gasteiger partial charge is 0.419 e. The maximum Gasteiger partial charge on any atom is 0.419 e. The molecule has 0 bridgehead atoms. The molecule has 1 aromatic carbocycles. The van der Waals surface area contributed by atoms with Crippen LogP contribution in [0.15, 0.2) is 21.3 Å². The van der Waals surface area contributed by atoms with E-state index in [1.165, 1.54) is 20.2 Å². The van der Waals surface area contributed by atoms with E-state index in [2.05, 4.69) is 4.74 Å². The minimum Gasteiger partial charge on any atom is -0.465 e. The van der Waals surface area contributed by atoms with Crippen LogP contribution in [0.5, 0.6) is 0 Å². The Hall–Kier alpha value is -2.11. The molecule has 5 nitrogen and oxygen atoms in total. The van der Waals surface area contributed by atoms with E-state index in [0.29, 0.717) is 0 Å². The highest BCUT2D eigenvalue weighted by atomic mass is 19.1. The zero-order valence-corrected chi connectivity index (χ0v) is 8.61. The molecule has 1 heterocycles. The van der Waals surface area contributed by atoms with E-state index >= 15 is 0 Å². The van der Waals surface area contributed by atoms with Crippen LogP contribution in [-0.2, 0) is 11.8 Å². The summed E-state index contributed by atoms with van der Waals surface area (Å²) in [6.07, 6.45) is 0. The average molecular weight is 225 g/mol. The van der Waals surface area contributed by atoms with Crippen molar-refractivity contribution in [1.82, 2.24) is 4.57 Å². The van der Waals surface area contributed by atoms with E-state index < -0.39 is 17.5 Å². The number of carbonyl (C=O) groups excluding carboxylic acids is 1. The molecule has 16 heavy (non-hydrogen) atoms. The number of aromatic nitrogens is 1. The molecule has 0 aliphatic rings. The second-order valence-electron chi connectivity index (χ2n) is 3.19. The van der Waals surface area contributed by atoms with Crippen LogP contribution in [-0.4, -0.2) is 17.6 Å². The second kappa shape index (κ2) is 3.48. The molecule has 0 saturated carbocycles. The van der Waals surface area contributed by atoms with Gasteiger partial charge in [-0.25, -0.2) is 14.0 Å². The fourth-order valence-electron chi connectivity index (χ4n) is 1.48. The molecule has 0 radical (unpaired) electrons. The topological polar surface area (TPSA) is 61.4 Å². The summed E-state index contributed by atoms with van der Waals surface area (Å²) in [6, 6.07) is 2.30. The van der Waals surface area contributed by atoms with Crippen molar-refractivity contribution in [2.24, 2.45) is 7.05 Å². The number of carbonyl (C=O) groups is 1. The summed E-state index contributed by atoms with van der Waals surface area (Å²) in [5, 5.41) is 0. The lowest BCUT2D eigenvalue weighted by molar-refractivity contribution is 0.0601. The molecule has 0 fully saturated rings. The molecule has 6 heteroatoms. The van der Waals surface area contributed by atoms with Crippen molar-refractivity contribution in [3.63, 3.8) is 0 Å². The van der Waals surface area contributed by atoms with Crippen LogP contribution in [0.4, 0.5) is 4.39 Å². The lowest BCUT2D eigenvalue weighted by atomic mass is 10.2. The van der Waals surface area contributed by atoms with Gasteiger partial charge in [-0.2, -0.15) is 0 Å². The Kier molecular flexibility index (Phi) is 2.26. The standard InChI is InChI=1S/C10H8FNO4/c1-12-7-6(11)4-3-5(9(13)15-2)8(7)16-10(12)14/h3-4H,1-2H3. The van der Waals surface area contributed by atoms with Gasteiger partial charge in [0.1, 0.15) is 11.1 Å². The SMILES string of the molecule is COC(=O)c1ccc(F)c2c1oc(=O)n2C. The third-order valence-corrected chi connectivity index (χ3v) is 2.29. The van der Waals surface area contributed by atoms with Gasteiger partial charge in [-0.3, -0.25) is 4.57 Å². The zero-order chi connectivity index (χ0) is 11.9. The van der Waals surface area contributed by atoms with Crippen LogP contribution in [0.25, 0.3) is 11.1 Å². The Morgan fingerprint density at radius 1 is 1.50 bits per heavy atom. The van der Waals surface area contributed by atoms with Crippen LogP contribution >= 0.6 is 0 Å². The molecule has 84 valence electrons. The summed E-state index contributed by atoms with van der Waals surface area (Å²) < 4.78 is 23.7. The molecular formula is C10H8FNO4. The molecule has 1 aromatic heterocycles. The van der Waals surface area contributed by atoms with Crippen molar-refractivity contribution < 1.29 is 18.3 Å². The first-order valence-corrected chi connectivity index (χ1v) is 4.42. The van der Waals surface area contributed by atoms with Crippen LogP contribution in [0, 0.1) is 5.82 Å². The summed E-state index contributed by atoms with van der Waals surface area (Å²) in [4.78, 5) is 22.6. The molecule has 0 N–H and O–H groups in total. The average Bonchev–Trinajstić information content (AvgIpc) is 2.56. The number of rotatable bonds is 1. The van der Waals surface area contributed by atoms with Gasteiger partial charge in [0.15, 0.2) is 11.4 Å². The number of halogens is 1. The summed E-state index contributed by atoms with van der Waals surface area (Å²) in [5.41, 5.74) is -0.121. The van der Waals surface area contributed by atoms with Crippen LogP contribution in [0.3, 0.4) is 0 Å². The number of benzene rings is 1. The van der Waals surface area contributed by atoms with E-state index in [1.807, 2.05) is 0 Å². The molecule has 0 spiro atoms. The number of oxazole rings is 1. The van der Waals surface area contributed by atoms with Gasteiger partial charge >= 0.3 is 11.7 Å². The predicted octanol–water partition coefficient (Wildman–Crippen LogP) is 1.06. The van der Waals surface area contributed by atoms with Crippen LogP contribution < -0.4 is 5.76 Å². The van der Waals surface area contributed by atoms with Gasteiger partial charge < -0.3 is 9.15 Å². The number of esters is 1. The Bertz CT molecular complexity index is 626. The second-order valence-corrected chi connectivity index (χ2v) is 3.19. The number of ether oxygens (including phenoxy) is 1. The number of nitrogens with zero attached hydrogens (tertiary/aromatic N) is 1. The normalized spacial score (nSPS) is 10.7. The minimum absolute atomic E-state index is 0.0246. The van der Waals surface area contributed by atoms with Crippen molar-refractivity contribution in [3.8, 4) is 0 Å². The van der Waals surface area contributed by atoms with Crippen molar-refractivity contribution >= 4 is 17.1 Å². The maximum atomic E-state index is 13.4. The quantitative estimate of drug-likeness (QED) is 0.681. The van der Waals surface area contributed by atoms with E-state index in [0.717, 1.165) is 10.6 Å². The van der Waals surface area contributed by atoms with Gasteiger partial charge in [-0.15, -0.1) is 0 Å². The van der Waals surface area contributed by atoms with Crippen LogP contribution in [0.2, 0.25) is 0 Å². The molecule has 2 aromatic rings. The highest BCUT2D eigenvalue weighted by Gasteiger charge is 2.19. The molecule has 0 saturated heterocycles. The Morgan fingerprint density at radius 3 is 2.81 bits per heavy atom. The van der Waals surface area contributed by atoms with Gasteiger partial charge in [0.2, 0.25) is 0 Å². The lowest BCUT2D eigenvalue weighted by Crippen LogP contribution is -2.09. The monoisotopic (exact) mass is 225 g/mol. The largest absolute Gasteiger partial charge is 0.465 e. The third-order valence-electron chi connectivity index (χ3n) is 2.29. The third kappa shape index (κ3) is 1.30. The summed E-state index contributed by atoms with van der Waals surface area (Å²) >= 11 is 0. The summed E-state index contributed by atoms with van der Waals surface area (Å²) in [6.45, 7) is 0. The van der Waals surface area contributed by atoms with E-state index in [1.54, 1.807) is 0 Å². The molecule has 0 aliphatic heterocycles. The number of hydrogen-bond acceptors (Lipinski definition) is 4. The number of fused-ring (bicyclic) bond motifs is 1. The zero-order valence-electron chi connectivity index (χ0n) is 8.61. The highest BCUT2D eigenvalue weighted by Crippen LogP contribution is 2.21. The van der Waals surface area contributed by atoms with Crippen LogP contribution in [0.1, 0.15) is 10.4 Å². The van der Waals surface area contributed by atoms with E-state index in [4.69, 9.17) is 4.42 Å². The first-order valence-electron chi connectivity index (χ1n) is 4.42. The summed E-state index contributed by atoms with van der Waals surface area (Å²) in [5.74, 6) is -2.04. The molecule has 0 unspecified atom stereocenters. The molecular weight excluding hydrogens is 217 g/mol. The van der Waals surface area contributed by atoms with Crippen molar-refractivity contribution in [2.75, 3.05) is 7.11 Å². The highest BCUT2D eigenvalue weighted by molar-refractivity contribution is 6.01. The maximum absolute atomic E-state index is 13.4. The van der Waals surface area contributed by atoms with Gasteiger partial charge in [-0.1, -0.05) is 0 Å². The van der Waals surface area contributed by atoms with E-state index in [9.17, 15) is 14.0 Å². The molecule has 0 amide bonds. The van der Waals surface area contributed by atoms with Gasteiger partial charge in [-0.05, 0) is 12.1 Å². The minimum atomic E-state index is -0.731. The number of hydrogen-bond donors (Lipinski definition) is 0. The lowest BCUT2D eigenvalue weighted by Gasteiger charge is -2.00. The molecule has 0 atom stereocenters. The summed E-state index contributed by atoms with van der Waals surface area (Å²) in [7, 11) is 2.55. The first-order chi connectivity index (χ1) is 7.56. The number of aryl methyl sites for hydroxylation is 1. The molecule has 2 rings (SSSR count). The predicted molar refractivity (Wildman–Crippen MR) is 52.8 cm³/mol. The number of methoxy groups -OCH3 is 1. The molecule has 0 aliphatic carbocycles. The van der Waals surface area contributed by atoms with Crippen molar-refractivity contribution in [2.45, 2.75) is 0 Å². The van der Waals surface area contributed by atoms with Gasteiger partial charge in [0.05, 0.1) is 7.11 Å². The first kappa shape index (κ1) is 10.4. The Labute approximate surface area is 89.0 Å². The van der Waals surface area contributed by atoms with Crippen molar-refractivity contribution in [3.05, 3.63) is 34.1 Å². The van der Waals surface area contributed by atoms with Gasteiger partial charge in [0, 0.05) is 7.05 Å². The Morgan fingerprint density at radius 2 is 2.19 bits per heavy atom. The van der Waals surface area contributed by atoms with Crippen molar-refractivity contribution in [1.29, 1.82) is 0 Å². The van der Waals surface area contributed by atoms with Gasteiger partial charge in [0.25, 0.3) is 0 Å². The fourth-order valence-corrected chi connectivity index (χ4v) is 1.48. The Balaban J connectivity index is 2.90.